The molecule has 1 N–H and O–H groups in total. The van der Waals surface area contributed by atoms with E-state index in [-0.39, 0.29) is 10.6 Å². The van der Waals surface area contributed by atoms with Gasteiger partial charge in [0.05, 0.1) is 4.92 Å². The van der Waals surface area contributed by atoms with Gasteiger partial charge in [0.15, 0.2) is 0 Å². The Bertz CT molecular complexity index is 554. The van der Waals surface area contributed by atoms with Gasteiger partial charge in [-0.15, -0.1) is 11.3 Å². The summed E-state index contributed by atoms with van der Waals surface area (Å²) in [6.07, 6.45) is 0. The molecule has 0 saturated carbocycles. The van der Waals surface area contributed by atoms with Crippen molar-refractivity contribution < 1.29 is 4.92 Å². The molecule has 0 unspecified atom stereocenters. The van der Waals surface area contributed by atoms with E-state index in [4.69, 9.17) is 0 Å². The molecule has 5 nitrogen and oxygen atoms in total. The number of nitrogens with zero attached hydrogens (tertiary/aromatic N) is 2. The lowest BCUT2D eigenvalue weighted by Gasteiger charge is -2.02. The third-order valence-electron chi connectivity index (χ3n) is 2.39. The summed E-state index contributed by atoms with van der Waals surface area (Å²) in [6.45, 7) is 3.24. The molecule has 1 aromatic heterocycles. The maximum Gasteiger partial charge on any atom is 0.269 e. The van der Waals surface area contributed by atoms with Gasteiger partial charge in [-0.3, -0.25) is 10.1 Å². The van der Waals surface area contributed by atoms with Crippen LogP contribution in [0, 0.1) is 17.0 Å². The molecule has 94 valence electrons. The maximum absolute atomic E-state index is 10.6. The summed E-state index contributed by atoms with van der Waals surface area (Å²) in [5.74, 6) is 0. The van der Waals surface area contributed by atoms with Gasteiger partial charge in [0.2, 0.25) is 0 Å². The van der Waals surface area contributed by atoms with Crippen molar-refractivity contribution in [2.45, 2.75) is 20.0 Å². The zero-order valence-corrected chi connectivity index (χ0v) is 10.7. The van der Waals surface area contributed by atoms with E-state index in [1.54, 1.807) is 23.5 Å². The molecule has 0 saturated heterocycles. The molecular weight excluding hydrogens is 250 g/mol. The summed E-state index contributed by atoms with van der Waals surface area (Å²) in [7, 11) is 0. The highest BCUT2D eigenvalue weighted by atomic mass is 32.1. The number of hydrogen-bond donors (Lipinski definition) is 1. The van der Waals surface area contributed by atoms with Gasteiger partial charge >= 0.3 is 0 Å². The molecular formula is C12H13N3O2S. The Morgan fingerprint density at radius 3 is 2.94 bits per heavy atom. The number of nitro benzene ring substituents is 1. The van der Waals surface area contributed by atoms with Crippen molar-refractivity contribution in [2.24, 2.45) is 0 Å². The lowest BCUT2D eigenvalue weighted by molar-refractivity contribution is -0.384. The normalized spacial score (nSPS) is 10.5. The second kappa shape index (κ2) is 5.70. The van der Waals surface area contributed by atoms with Crippen LogP contribution < -0.4 is 5.32 Å². The van der Waals surface area contributed by atoms with Crippen LogP contribution >= 0.6 is 11.3 Å². The zero-order chi connectivity index (χ0) is 13.0. The number of aryl methyl sites for hydroxylation is 1. The summed E-state index contributed by atoms with van der Waals surface area (Å²) in [5.41, 5.74) is 2.05. The van der Waals surface area contributed by atoms with Gasteiger partial charge in [-0.25, -0.2) is 4.98 Å². The molecule has 0 aliphatic heterocycles. The van der Waals surface area contributed by atoms with Gasteiger partial charge in [-0.2, -0.15) is 0 Å². The Kier molecular flexibility index (Phi) is 4.01. The van der Waals surface area contributed by atoms with Crippen molar-refractivity contribution in [3.8, 4) is 0 Å². The second-order valence-corrected chi connectivity index (χ2v) is 4.86. The molecule has 0 aliphatic rings. The fraction of sp³-hybridized carbons (Fsp3) is 0.250. The first kappa shape index (κ1) is 12.7. The first-order chi connectivity index (χ1) is 8.65. The first-order valence-corrected chi connectivity index (χ1v) is 6.38. The molecule has 1 aromatic carbocycles. The van der Waals surface area contributed by atoms with Crippen LogP contribution in [0.4, 0.5) is 5.69 Å². The molecule has 0 bridgehead atoms. The van der Waals surface area contributed by atoms with Gasteiger partial charge in [-0.1, -0.05) is 12.1 Å². The van der Waals surface area contributed by atoms with Crippen LogP contribution in [0.25, 0.3) is 0 Å². The molecule has 0 fully saturated rings. The van der Waals surface area contributed by atoms with Crippen molar-refractivity contribution in [1.82, 2.24) is 10.3 Å². The highest BCUT2D eigenvalue weighted by molar-refractivity contribution is 7.09. The number of nitro groups is 1. The van der Waals surface area contributed by atoms with Crippen molar-refractivity contribution in [3.63, 3.8) is 0 Å². The third-order valence-corrected chi connectivity index (χ3v) is 3.36. The molecule has 0 radical (unpaired) electrons. The molecule has 2 aromatic rings. The smallest absolute Gasteiger partial charge is 0.269 e. The number of non-ortho nitro benzene ring substituents is 1. The van der Waals surface area contributed by atoms with Crippen LogP contribution in [-0.2, 0) is 13.1 Å². The van der Waals surface area contributed by atoms with Gasteiger partial charge in [0.1, 0.15) is 5.01 Å². The van der Waals surface area contributed by atoms with Gasteiger partial charge in [0, 0.05) is 36.3 Å². The van der Waals surface area contributed by atoms with Crippen molar-refractivity contribution >= 4 is 17.0 Å². The minimum Gasteiger partial charge on any atom is -0.306 e. The summed E-state index contributed by atoms with van der Waals surface area (Å²) < 4.78 is 0. The largest absolute Gasteiger partial charge is 0.306 e. The number of rotatable bonds is 5. The Labute approximate surface area is 109 Å². The van der Waals surface area contributed by atoms with Gasteiger partial charge in [-0.05, 0) is 12.5 Å². The molecule has 0 atom stereocenters. The molecule has 2 rings (SSSR count). The molecule has 18 heavy (non-hydrogen) atoms. The van der Waals surface area contributed by atoms with Crippen molar-refractivity contribution in [1.29, 1.82) is 0 Å². The van der Waals surface area contributed by atoms with E-state index >= 15 is 0 Å². The van der Waals surface area contributed by atoms with Crippen LogP contribution in [-0.4, -0.2) is 9.91 Å². The summed E-state index contributed by atoms with van der Waals surface area (Å²) in [5, 5.41) is 16.9. The minimum absolute atomic E-state index is 0.124. The van der Waals surface area contributed by atoms with E-state index < -0.39 is 0 Å². The number of hydrogen-bond acceptors (Lipinski definition) is 5. The van der Waals surface area contributed by atoms with E-state index in [1.807, 2.05) is 18.4 Å². The minimum atomic E-state index is -0.381. The monoisotopic (exact) mass is 263 g/mol. The van der Waals surface area contributed by atoms with Crippen LogP contribution in [0.2, 0.25) is 0 Å². The van der Waals surface area contributed by atoms with Gasteiger partial charge < -0.3 is 5.32 Å². The fourth-order valence-electron chi connectivity index (χ4n) is 1.58. The third kappa shape index (κ3) is 3.35. The van der Waals surface area contributed by atoms with E-state index in [1.165, 1.54) is 6.07 Å². The van der Waals surface area contributed by atoms with E-state index in [0.717, 1.165) is 16.3 Å². The number of benzene rings is 1. The quantitative estimate of drug-likeness (QED) is 0.665. The van der Waals surface area contributed by atoms with Crippen LogP contribution in [0.15, 0.2) is 29.6 Å². The Hall–Kier alpha value is -1.79. The lowest BCUT2D eigenvalue weighted by atomic mass is 10.2. The predicted molar refractivity (Wildman–Crippen MR) is 70.5 cm³/mol. The second-order valence-electron chi connectivity index (χ2n) is 3.91. The highest BCUT2D eigenvalue weighted by Crippen LogP contribution is 2.13. The first-order valence-electron chi connectivity index (χ1n) is 5.50. The molecule has 1 heterocycles. The van der Waals surface area contributed by atoms with E-state index in [2.05, 4.69) is 10.3 Å². The lowest BCUT2D eigenvalue weighted by Crippen LogP contribution is -2.12. The Morgan fingerprint density at radius 2 is 2.28 bits per heavy atom. The topological polar surface area (TPSA) is 68.1 Å². The molecule has 0 amide bonds. The Morgan fingerprint density at radius 1 is 1.44 bits per heavy atom. The summed E-state index contributed by atoms with van der Waals surface area (Å²) >= 11 is 1.61. The number of aromatic nitrogens is 1. The predicted octanol–water partition coefficient (Wildman–Crippen LogP) is 2.65. The zero-order valence-electron chi connectivity index (χ0n) is 9.92. The number of nitrogens with one attached hydrogen (secondary N) is 1. The fourth-order valence-corrected chi connectivity index (χ4v) is 2.32. The van der Waals surface area contributed by atoms with Crippen molar-refractivity contribution in [2.75, 3.05) is 0 Å². The van der Waals surface area contributed by atoms with Gasteiger partial charge in [0.25, 0.3) is 5.69 Å². The average molecular weight is 263 g/mol. The van der Waals surface area contributed by atoms with Crippen LogP contribution in [0.3, 0.4) is 0 Å². The SMILES string of the molecule is Cc1csc(CNCc2cccc([N+](=O)[O-])c2)n1. The maximum atomic E-state index is 10.6. The highest BCUT2D eigenvalue weighted by Gasteiger charge is 2.05. The molecule has 0 aliphatic carbocycles. The summed E-state index contributed by atoms with van der Waals surface area (Å²) in [4.78, 5) is 14.6. The number of thiazole rings is 1. The Balaban J connectivity index is 1.90. The molecule has 6 heteroatoms. The van der Waals surface area contributed by atoms with Crippen LogP contribution in [0.1, 0.15) is 16.3 Å². The summed E-state index contributed by atoms with van der Waals surface area (Å²) in [6, 6.07) is 6.64. The van der Waals surface area contributed by atoms with E-state index in [0.29, 0.717) is 13.1 Å². The van der Waals surface area contributed by atoms with Crippen LogP contribution in [0.5, 0.6) is 0 Å². The van der Waals surface area contributed by atoms with E-state index in [9.17, 15) is 10.1 Å². The molecule has 0 spiro atoms. The van der Waals surface area contributed by atoms with Crippen molar-refractivity contribution in [3.05, 3.63) is 56.0 Å². The standard InChI is InChI=1S/C12H13N3O2S/c1-9-8-18-12(14-9)7-13-6-10-3-2-4-11(5-10)15(16)17/h2-5,8,13H,6-7H2,1H3. The average Bonchev–Trinajstić information content (AvgIpc) is 2.75.